The van der Waals surface area contributed by atoms with Gasteiger partial charge in [0.25, 0.3) is 5.92 Å². The van der Waals surface area contributed by atoms with Crippen LogP contribution in [0.1, 0.15) is 12.0 Å². The minimum Gasteiger partial charge on any atom is -0.316 e. The van der Waals surface area contributed by atoms with Gasteiger partial charge in [-0.1, -0.05) is 18.2 Å². The SMILES string of the molecule is Fc1ccccc1CC1CNCCC1(F)F. The number of hydrogen-bond donors (Lipinski definition) is 1. The summed E-state index contributed by atoms with van der Waals surface area (Å²) in [5.41, 5.74) is 0.371. The van der Waals surface area contributed by atoms with Crippen molar-refractivity contribution >= 4 is 0 Å². The summed E-state index contributed by atoms with van der Waals surface area (Å²) in [6.07, 6.45) is -0.0706. The van der Waals surface area contributed by atoms with Gasteiger partial charge in [0.2, 0.25) is 0 Å². The second kappa shape index (κ2) is 4.45. The van der Waals surface area contributed by atoms with Crippen molar-refractivity contribution in [1.29, 1.82) is 0 Å². The summed E-state index contributed by atoms with van der Waals surface area (Å²) in [4.78, 5) is 0. The Bertz CT molecular complexity index is 365. The predicted octanol–water partition coefficient (Wildman–Crippen LogP) is 2.61. The summed E-state index contributed by atoms with van der Waals surface area (Å²) in [7, 11) is 0. The second-order valence-electron chi connectivity index (χ2n) is 4.21. The van der Waals surface area contributed by atoms with Crippen LogP contribution in [0.3, 0.4) is 0 Å². The molecule has 0 aliphatic carbocycles. The molecule has 1 nitrogen and oxygen atoms in total. The number of halogens is 3. The molecule has 0 amide bonds. The van der Waals surface area contributed by atoms with Crippen LogP contribution in [0.15, 0.2) is 24.3 Å². The van der Waals surface area contributed by atoms with E-state index in [-0.39, 0.29) is 19.4 Å². The molecule has 1 unspecified atom stereocenters. The molecule has 0 radical (unpaired) electrons. The molecule has 88 valence electrons. The van der Waals surface area contributed by atoms with Crippen LogP contribution in [0.5, 0.6) is 0 Å². The van der Waals surface area contributed by atoms with Gasteiger partial charge in [0, 0.05) is 25.4 Å². The van der Waals surface area contributed by atoms with E-state index in [1.165, 1.54) is 6.07 Å². The van der Waals surface area contributed by atoms with Crippen molar-refractivity contribution in [2.24, 2.45) is 5.92 Å². The third kappa shape index (κ3) is 2.38. The smallest absolute Gasteiger partial charge is 0.253 e. The summed E-state index contributed by atoms with van der Waals surface area (Å²) in [6, 6.07) is 6.12. The number of hydrogen-bond acceptors (Lipinski definition) is 1. The molecule has 0 spiro atoms. The van der Waals surface area contributed by atoms with Gasteiger partial charge in [0.05, 0.1) is 0 Å². The molecule has 1 aliphatic rings. The molecule has 1 fully saturated rings. The fraction of sp³-hybridized carbons (Fsp3) is 0.500. The third-order valence-electron chi connectivity index (χ3n) is 3.05. The van der Waals surface area contributed by atoms with Gasteiger partial charge in [-0.2, -0.15) is 0 Å². The normalized spacial score (nSPS) is 24.3. The third-order valence-corrected chi connectivity index (χ3v) is 3.05. The van der Waals surface area contributed by atoms with Crippen LogP contribution in [0.2, 0.25) is 0 Å². The maximum Gasteiger partial charge on any atom is 0.253 e. The van der Waals surface area contributed by atoms with Crippen molar-refractivity contribution in [3.63, 3.8) is 0 Å². The van der Waals surface area contributed by atoms with Gasteiger partial charge >= 0.3 is 0 Å². The Balaban J connectivity index is 2.12. The number of alkyl halides is 2. The van der Waals surface area contributed by atoms with Crippen LogP contribution < -0.4 is 5.32 Å². The maximum atomic E-state index is 13.5. The molecule has 1 saturated heterocycles. The lowest BCUT2D eigenvalue weighted by Gasteiger charge is -2.32. The Morgan fingerprint density at radius 1 is 1.31 bits per heavy atom. The number of piperidine rings is 1. The zero-order valence-corrected chi connectivity index (χ0v) is 8.85. The minimum absolute atomic E-state index is 0.0900. The lowest BCUT2D eigenvalue weighted by Crippen LogP contribution is -2.45. The Labute approximate surface area is 92.7 Å². The fourth-order valence-electron chi connectivity index (χ4n) is 2.04. The molecule has 4 heteroatoms. The van der Waals surface area contributed by atoms with E-state index in [0.717, 1.165) is 0 Å². The van der Waals surface area contributed by atoms with E-state index in [4.69, 9.17) is 0 Å². The van der Waals surface area contributed by atoms with E-state index >= 15 is 0 Å². The predicted molar refractivity (Wildman–Crippen MR) is 56.0 cm³/mol. The van der Waals surface area contributed by atoms with E-state index in [9.17, 15) is 13.2 Å². The Morgan fingerprint density at radius 2 is 2.06 bits per heavy atom. The van der Waals surface area contributed by atoms with E-state index in [1.807, 2.05) is 0 Å². The molecule has 16 heavy (non-hydrogen) atoms. The monoisotopic (exact) mass is 229 g/mol. The molecule has 1 aromatic rings. The standard InChI is InChI=1S/C12H14F3N/c13-11-4-2-1-3-9(11)7-10-8-16-6-5-12(10,14)15/h1-4,10,16H,5-8H2. The molecule has 1 aliphatic heterocycles. The first kappa shape index (κ1) is 11.5. The fourth-order valence-corrected chi connectivity index (χ4v) is 2.04. The maximum absolute atomic E-state index is 13.5. The van der Waals surface area contributed by atoms with Gasteiger partial charge in [-0.25, -0.2) is 13.2 Å². The summed E-state index contributed by atoms with van der Waals surface area (Å²) in [5.74, 6) is -3.89. The van der Waals surface area contributed by atoms with Crippen LogP contribution in [0.25, 0.3) is 0 Å². The van der Waals surface area contributed by atoms with Gasteiger partial charge < -0.3 is 5.32 Å². The van der Waals surface area contributed by atoms with Crippen LogP contribution >= 0.6 is 0 Å². The van der Waals surface area contributed by atoms with E-state index in [0.29, 0.717) is 12.1 Å². The molecule has 0 bridgehead atoms. The molecule has 0 aromatic heterocycles. The highest BCUT2D eigenvalue weighted by atomic mass is 19.3. The molecule has 0 saturated carbocycles. The van der Waals surface area contributed by atoms with Crippen LogP contribution in [0, 0.1) is 11.7 Å². The van der Waals surface area contributed by atoms with E-state index in [2.05, 4.69) is 5.32 Å². The number of benzene rings is 1. The van der Waals surface area contributed by atoms with Crippen LogP contribution in [-0.2, 0) is 6.42 Å². The summed E-state index contributed by atoms with van der Waals surface area (Å²) < 4.78 is 40.4. The van der Waals surface area contributed by atoms with Crippen molar-refractivity contribution in [2.45, 2.75) is 18.8 Å². The number of rotatable bonds is 2. The molecule has 1 atom stereocenters. The summed E-state index contributed by atoms with van der Waals surface area (Å²) in [6.45, 7) is 0.585. The molecule has 1 heterocycles. The van der Waals surface area contributed by atoms with Crippen molar-refractivity contribution in [3.8, 4) is 0 Å². The van der Waals surface area contributed by atoms with E-state index < -0.39 is 17.7 Å². The molecular weight excluding hydrogens is 215 g/mol. The van der Waals surface area contributed by atoms with Crippen molar-refractivity contribution in [1.82, 2.24) is 5.32 Å². The lowest BCUT2D eigenvalue weighted by molar-refractivity contribution is -0.0778. The second-order valence-corrected chi connectivity index (χ2v) is 4.21. The quantitative estimate of drug-likeness (QED) is 0.822. The van der Waals surface area contributed by atoms with Gasteiger partial charge in [-0.15, -0.1) is 0 Å². The highest BCUT2D eigenvalue weighted by Gasteiger charge is 2.41. The van der Waals surface area contributed by atoms with Crippen LogP contribution in [0.4, 0.5) is 13.2 Å². The largest absolute Gasteiger partial charge is 0.316 e. The first-order valence-electron chi connectivity index (χ1n) is 5.41. The zero-order valence-electron chi connectivity index (χ0n) is 8.85. The molecule has 1 aromatic carbocycles. The highest BCUT2D eigenvalue weighted by molar-refractivity contribution is 5.18. The van der Waals surface area contributed by atoms with E-state index in [1.54, 1.807) is 18.2 Å². The van der Waals surface area contributed by atoms with Gasteiger partial charge in [-0.3, -0.25) is 0 Å². The highest BCUT2D eigenvalue weighted by Crippen LogP contribution is 2.33. The molecule has 1 N–H and O–H groups in total. The van der Waals surface area contributed by atoms with Crippen molar-refractivity contribution in [2.75, 3.05) is 13.1 Å². The first-order valence-corrected chi connectivity index (χ1v) is 5.41. The summed E-state index contributed by atoms with van der Waals surface area (Å²) in [5, 5.41) is 2.93. The topological polar surface area (TPSA) is 12.0 Å². The first-order chi connectivity index (χ1) is 7.59. The van der Waals surface area contributed by atoms with Crippen molar-refractivity contribution in [3.05, 3.63) is 35.6 Å². The summed E-state index contributed by atoms with van der Waals surface area (Å²) >= 11 is 0. The number of nitrogens with one attached hydrogen (secondary N) is 1. The molecule has 2 rings (SSSR count). The van der Waals surface area contributed by atoms with Gasteiger partial charge in [0.1, 0.15) is 5.82 Å². The Morgan fingerprint density at radius 3 is 2.75 bits per heavy atom. The lowest BCUT2D eigenvalue weighted by atomic mass is 9.88. The Kier molecular flexibility index (Phi) is 3.19. The average molecular weight is 229 g/mol. The Hall–Kier alpha value is -1.03. The van der Waals surface area contributed by atoms with Gasteiger partial charge in [0.15, 0.2) is 0 Å². The minimum atomic E-state index is -2.69. The van der Waals surface area contributed by atoms with Gasteiger partial charge in [-0.05, 0) is 18.1 Å². The zero-order chi connectivity index (χ0) is 11.6. The molecular formula is C12H14F3N. The van der Waals surface area contributed by atoms with Crippen LogP contribution in [-0.4, -0.2) is 19.0 Å². The van der Waals surface area contributed by atoms with Crippen molar-refractivity contribution < 1.29 is 13.2 Å². The average Bonchev–Trinajstić information content (AvgIpc) is 2.24.